The van der Waals surface area contributed by atoms with E-state index in [0.29, 0.717) is 22.7 Å². The molecule has 0 N–H and O–H groups in total. The maximum atomic E-state index is 13.6. The van der Waals surface area contributed by atoms with E-state index in [4.69, 9.17) is 0 Å². The molecule has 3 aromatic rings. The van der Waals surface area contributed by atoms with E-state index in [1.54, 1.807) is 36.4 Å². The van der Waals surface area contributed by atoms with Crippen molar-refractivity contribution in [3.63, 3.8) is 0 Å². The average Bonchev–Trinajstić information content (AvgIpc) is 3.12. The molecule has 0 spiro atoms. The summed E-state index contributed by atoms with van der Waals surface area (Å²) in [6, 6.07) is 19.3. The van der Waals surface area contributed by atoms with E-state index in [9.17, 15) is 18.8 Å². The van der Waals surface area contributed by atoms with Gasteiger partial charge >= 0.3 is 0 Å². The summed E-state index contributed by atoms with van der Waals surface area (Å²) in [5.74, 6) is -1.20. The van der Waals surface area contributed by atoms with Crippen LogP contribution in [-0.2, 0) is 16.1 Å². The van der Waals surface area contributed by atoms with Crippen molar-refractivity contribution in [1.82, 2.24) is 4.90 Å². The lowest BCUT2D eigenvalue weighted by Crippen LogP contribution is -2.45. The van der Waals surface area contributed by atoms with Crippen molar-refractivity contribution in [3.05, 3.63) is 101 Å². The van der Waals surface area contributed by atoms with E-state index in [2.05, 4.69) is 13.8 Å². The van der Waals surface area contributed by atoms with E-state index in [1.165, 1.54) is 17.0 Å². The van der Waals surface area contributed by atoms with Crippen LogP contribution in [0.1, 0.15) is 53.2 Å². The first-order valence-electron chi connectivity index (χ1n) is 11.3. The number of nitrogens with zero attached hydrogens (tertiary/aromatic N) is 2. The van der Waals surface area contributed by atoms with Crippen LogP contribution in [0.4, 0.5) is 10.1 Å². The molecule has 0 aliphatic carbocycles. The normalized spacial score (nSPS) is 15.8. The van der Waals surface area contributed by atoms with Gasteiger partial charge in [0.15, 0.2) is 0 Å². The highest BCUT2D eigenvalue weighted by atomic mass is 19.1. The summed E-state index contributed by atoms with van der Waals surface area (Å²) >= 11 is 0. The van der Waals surface area contributed by atoms with E-state index in [0.717, 1.165) is 16.0 Å². The summed E-state index contributed by atoms with van der Waals surface area (Å²) in [5.41, 5.74) is 3.50. The summed E-state index contributed by atoms with van der Waals surface area (Å²) in [6.07, 6.45) is -0.108. The number of anilines is 1. The second kappa shape index (κ2) is 9.59. The van der Waals surface area contributed by atoms with Gasteiger partial charge in [0.25, 0.3) is 11.8 Å². The minimum absolute atomic E-state index is 0.0806. The Bertz CT molecular complexity index is 1220. The standard InChI is InChI=1S/C28H27FN2O3/c1-18(2)21-10-14-23(15-11-21)31-26(32)16-25(28(31)34)30(17-20-8-12-22(29)13-9-20)27(33)24-7-5-4-6-19(24)3/h4-15,18,25H,16-17H2,1-3H3. The number of carbonyl (C=O) groups excluding carboxylic acids is 3. The first-order chi connectivity index (χ1) is 16.3. The van der Waals surface area contributed by atoms with Crippen LogP contribution in [0, 0.1) is 12.7 Å². The summed E-state index contributed by atoms with van der Waals surface area (Å²) < 4.78 is 13.4. The molecule has 3 amide bonds. The lowest BCUT2D eigenvalue weighted by atomic mass is 10.0. The number of amides is 3. The van der Waals surface area contributed by atoms with Gasteiger partial charge in [0, 0.05) is 12.1 Å². The molecule has 3 aromatic carbocycles. The maximum absolute atomic E-state index is 13.6. The van der Waals surface area contributed by atoms with Gasteiger partial charge in [-0.15, -0.1) is 0 Å². The van der Waals surface area contributed by atoms with Gasteiger partial charge < -0.3 is 4.90 Å². The molecule has 6 heteroatoms. The summed E-state index contributed by atoms with van der Waals surface area (Å²) in [4.78, 5) is 42.7. The van der Waals surface area contributed by atoms with Gasteiger partial charge in [-0.1, -0.05) is 56.3 Å². The van der Waals surface area contributed by atoms with Crippen molar-refractivity contribution < 1.29 is 18.8 Å². The first kappa shape index (κ1) is 23.4. The van der Waals surface area contributed by atoms with Crippen molar-refractivity contribution in [2.75, 3.05) is 4.90 Å². The highest BCUT2D eigenvalue weighted by molar-refractivity contribution is 6.23. The maximum Gasteiger partial charge on any atom is 0.257 e. The molecule has 34 heavy (non-hydrogen) atoms. The zero-order valence-electron chi connectivity index (χ0n) is 19.5. The molecule has 1 saturated heterocycles. The lowest BCUT2D eigenvalue weighted by Gasteiger charge is -2.28. The highest BCUT2D eigenvalue weighted by Crippen LogP contribution is 2.29. The minimum atomic E-state index is -0.950. The Hall–Kier alpha value is -3.80. The molecule has 1 atom stereocenters. The predicted molar refractivity (Wildman–Crippen MR) is 129 cm³/mol. The number of aryl methyl sites for hydroxylation is 1. The zero-order chi connectivity index (χ0) is 24.4. The van der Waals surface area contributed by atoms with Crippen LogP contribution >= 0.6 is 0 Å². The molecule has 1 unspecified atom stereocenters. The van der Waals surface area contributed by atoms with E-state index in [-0.39, 0.29) is 30.6 Å². The number of benzene rings is 3. The van der Waals surface area contributed by atoms with Gasteiger partial charge in [-0.25, -0.2) is 9.29 Å². The Morgan fingerprint density at radius 3 is 2.26 bits per heavy atom. The van der Waals surface area contributed by atoms with Crippen molar-refractivity contribution in [3.8, 4) is 0 Å². The Morgan fingerprint density at radius 1 is 1.00 bits per heavy atom. The fourth-order valence-electron chi connectivity index (χ4n) is 4.22. The quantitative estimate of drug-likeness (QED) is 0.475. The van der Waals surface area contributed by atoms with E-state index in [1.807, 2.05) is 31.2 Å². The molecule has 0 bridgehead atoms. The van der Waals surface area contributed by atoms with Crippen LogP contribution in [0.2, 0.25) is 0 Å². The Morgan fingerprint density at radius 2 is 1.65 bits per heavy atom. The largest absolute Gasteiger partial charge is 0.322 e. The van der Waals surface area contributed by atoms with Gasteiger partial charge in [-0.3, -0.25) is 14.4 Å². The monoisotopic (exact) mass is 458 g/mol. The second-order valence-electron chi connectivity index (χ2n) is 8.91. The predicted octanol–water partition coefficient (Wildman–Crippen LogP) is 5.23. The molecule has 1 heterocycles. The number of rotatable bonds is 6. The van der Waals surface area contributed by atoms with Gasteiger partial charge in [0.2, 0.25) is 5.91 Å². The first-order valence-corrected chi connectivity index (χ1v) is 11.3. The number of hydrogen-bond acceptors (Lipinski definition) is 3. The molecular formula is C28H27FN2O3. The summed E-state index contributed by atoms with van der Waals surface area (Å²) in [6.45, 7) is 6.05. The molecule has 0 aromatic heterocycles. The number of hydrogen-bond donors (Lipinski definition) is 0. The SMILES string of the molecule is Cc1ccccc1C(=O)N(Cc1ccc(F)cc1)C1CC(=O)N(c2ccc(C(C)C)cc2)C1=O. The molecule has 1 fully saturated rings. The van der Waals surface area contributed by atoms with Gasteiger partial charge in [0.05, 0.1) is 12.1 Å². The fourth-order valence-corrected chi connectivity index (χ4v) is 4.22. The highest BCUT2D eigenvalue weighted by Gasteiger charge is 2.44. The van der Waals surface area contributed by atoms with E-state index >= 15 is 0 Å². The van der Waals surface area contributed by atoms with E-state index < -0.39 is 11.9 Å². The molecule has 5 nitrogen and oxygen atoms in total. The molecule has 0 saturated carbocycles. The third-order valence-corrected chi connectivity index (χ3v) is 6.22. The fraction of sp³-hybridized carbons (Fsp3) is 0.250. The van der Waals surface area contributed by atoms with Crippen LogP contribution in [0.5, 0.6) is 0 Å². The number of imide groups is 1. The Balaban J connectivity index is 1.68. The summed E-state index contributed by atoms with van der Waals surface area (Å²) in [5, 5.41) is 0. The third-order valence-electron chi connectivity index (χ3n) is 6.22. The average molecular weight is 459 g/mol. The number of carbonyl (C=O) groups is 3. The molecule has 174 valence electrons. The molecule has 1 aliphatic rings. The zero-order valence-corrected chi connectivity index (χ0v) is 19.5. The minimum Gasteiger partial charge on any atom is -0.322 e. The van der Waals surface area contributed by atoms with Crippen molar-refractivity contribution >= 4 is 23.4 Å². The van der Waals surface area contributed by atoms with Crippen molar-refractivity contribution in [2.24, 2.45) is 0 Å². The molecule has 0 radical (unpaired) electrons. The Labute approximate surface area is 198 Å². The molecule has 4 rings (SSSR count). The van der Waals surface area contributed by atoms with Gasteiger partial charge in [-0.05, 0) is 59.9 Å². The van der Waals surface area contributed by atoms with Crippen LogP contribution in [0.25, 0.3) is 0 Å². The van der Waals surface area contributed by atoms with Crippen molar-refractivity contribution in [2.45, 2.75) is 45.7 Å². The second-order valence-corrected chi connectivity index (χ2v) is 8.91. The number of halogens is 1. The van der Waals surface area contributed by atoms with Crippen LogP contribution in [-0.4, -0.2) is 28.7 Å². The molecule has 1 aliphatic heterocycles. The lowest BCUT2D eigenvalue weighted by molar-refractivity contribution is -0.122. The van der Waals surface area contributed by atoms with Crippen LogP contribution < -0.4 is 4.90 Å². The summed E-state index contributed by atoms with van der Waals surface area (Å²) in [7, 11) is 0. The smallest absolute Gasteiger partial charge is 0.257 e. The third kappa shape index (κ3) is 4.62. The van der Waals surface area contributed by atoms with Gasteiger partial charge in [0.1, 0.15) is 11.9 Å². The Kier molecular flexibility index (Phi) is 6.59. The van der Waals surface area contributed by atoms with Gasteiger partial charge in [-0.2, -0.15) is 0 Å². The van der Waals surface area contributed by atoms with Crippen molar-refractivity contribution in [1.29, 1.82) is 0 Å². The van der Waals surface area contributed by atoms with Crippen LogP contribution in [0.15, 0.2) is 72.8 Å². The topological polar surface area (TPSA) is 57.7 Å². The van der Waals surface area contributed by atoms with Crippen LogP contribution in [0.3, 0.4) is 0 Å². The molecular weight excluding hydrogens is 431 g/mol.